The summed E-state index contributed by atoms with van der Waals surface area (Å²) in [5, 5.41) is 9.55. The van der Waals surface area contributed by atoms with Crippen molar-refractivity contribution in [1.29, 1.82) is 0 Å². The fourth-order valence-corrected chi connectivity index (χ4v) is 4.52. The first kappa shape index (κ1) is 15.0. The molecule has 1 aliphatic carbocycles. The molecule has 0 aromatic heterocycles. The summed E-state index contributed by atoms with van der Waals surface area (Å²) in [4.78, 5) is 0.623. The van der Waals surface area contributed by atoms with Crippen molar-refractivity contribution in [1.82, 2.24) is 4.72 Å². The van der Waals surface area contributed by atoms with Gasteiger partial charge in [-0.1, -0.05) is 34.1 Å². The van der Waals surface area contributed by atoms with Crippen molar-refractivity contribution in [2.24, 2.45) is 5.41 Å². The first-order chi connectivity index (χ1) is 8.97. The summed E-state index contributed by atoms with van der Waals surface area (Å²) >= 11 is 3.53. The van der Waals surface area contributed by atoms with Crippen LogP contribution in [0.3, 0.4) is 0 Å². The van der Waals surface area contributed by atoms with Gasteiger partial charge in [0.05, 0.1) is 4.90 Å². The smallest absolute Gasteiger partial charge is 0.240 e. The van der Waals surface area contributed by atoms with Crippen molar-refractivity contribution in [3.05, 3.63) is 30.3 Å². The average molecular weight is 348 g/mol. The van der Waals surface area contributed by atoms with Crippen LogP contribution >= 0.6 is 15.9 Å². The van der Waals surface area contributed by atoms with E-state index >= 15 is 0 Å². The van der Waals surface area contributed by atoms with Gasteiger partial charge in [-0.05, 0) is 31.4 Å². The lowest BCUT2D eigenvalue weighted by molar-refractivity contribution is 0.135. The van der Waals surface area contributed by atoms with E-state index in [4.69, 9.17) is 0 Å². The van der Waals surface area contributed by atoms with Gasteiger partial charge in [-0.15, -0.1) is 0 Å². The maximum Gasteiger partial charge on any atom is 0.240 e. The first-order valence-electron chi connectivity index (χ1n) is 6.27. The van der Waals surface area contributed by atoms with Crippen LogP contribution < -0.4 is 4.72 Å². The molecule has 0 heterocycles. The summed E-state index contributed by atoms with van der Waals surface area (Å²) in [5.41, 5.74) is -0.337. The Morgan fingerprint density at radius 3 is 2.58 bits per heavy atom. The van der Waals surface area contributed by atoms with Crippen LogP contribution in [0, 0.1) is 5.41 Å². The van der Waals surface area contributed by atoms with Gasteiger partial charge in [0.25, 0.3) is 0 Å². The van der Waals surface area contributed by atoms with E-state index in [9.17, 15) is 13.5 Å². The van der Waals surface area contributed by atoms with Crippen LogP contribution in [0.4, 0.5) is 0 Å². The summed E-state index contributed by atoms with van der Waals surface area (Å²) in [5.74, 6) is 0. The fourth-order valence-electron chi connectivity index (χ4n) is 2.43. The Balaban J connectivity index is 2.06. The highest BCUT2D eigenvalue weighted by molar-refractivity contribution is 9.09. The Morgan fingerprint density at radius 1 is 1.37 bits per heavy atom. The number of aliphatic hydroxyl groups is 1. The maximum atomic E-state index is 12.1. The number of benzene rings is 1. The summed E-state index contributed by atoms with van der Waals surface area (Å²) in [6, 6.07) is 8.30. The van der Waals surface area contributed by atoms with Crippen LogP contribution in [0.2, 0.25) is 0 Å². The second-order valence-corrected chi connectivity index (χ2v) is 8.20. The van der Waals surface area contributed by atoms with Crippen LogP contribution in [0.1, 0.15) is 19.3 Å². The minimum Gasteiger partial charge on any atom is -0.396 e. The molecule has 2 atom stereocenters. The molecule has 2 N–H and O–H groups in total. The zero-order chi connectivity index (χ0) is 13.9. The van der Waals surface area contributed by atoms with Crippen LogP contribution in [0.5, 0.6) is 0 Å². The Kier molecular flexibility index (Phi) is 4.66. The van der Waals surface area contributed by atoms with E-state index in [-0.39, 0.29) is 23.5 Å². The van der Waals surface area contributed by atoms with E-state index in [1.54, 1.807) is 30.3 Å². The third kappa shape index (κ3) is 3.56. The van der Waals surface area contributed by atoms with Gasteiger partial charge in [-0.3, -0.25) is 0 Å². The Bertz CT molecular complexity index is 520. The van der Waals surface area contributed by atoms with Crippen molar-refractivity contribution >= 4 is 26.0 Å². The molecule has 0 spiro atoms. The van der Waals surface area contributed by atoms with Crippen molar-refractivity contribution in [3.63, 3.8) is 0 Å². The third-order valence-corrected chi connectivity index (χ3v) is 5.87. The molecular weight excluding hydrogens is 330 g/mol. The van der Waals surface area contributed by atoms with Gasteiger partial charge in [-0.2, -0.15) is 0 Å². The monoisotopic (exact) mass is 347 g/mol. The van der Waals surface area contributed by atoms with E-state index in [1.807, 2.05) is 0 Å². The second-order valence-electron chi connectivity index (χ2n) is 5.14. The summed E-state index contributed by atoms with van der Waals surface area (Å²) in [6.07, 6.45) is 2.59. The highest BCUT2D eigenvalue weighted by Gasteiger charge is 2.38. The van der Waals surface area contributed by atoms with Gasteiger partial charge in [0.2, 0.25) is 10.0 Å². The highest BCUT2D eigenvalue weighted by atomic mass is 79.9. The summed E-state index contributed by atoms with van der Waals surface area (Å²) in [6.45, 7) is 0.287. The molecule has 19 heavy (non-hydrogen) atoms. The van der Waals surface area contributed by atoms with Gasteiger partial charge in [0.1, 0.15) is 0 Å². The number of hydrogen-bond acceptors (Lipinski definition) is 3. The van der Waals surface area contributed by atoms with E-state index in [0.29, 0.717) is 4.83 Å². The molecule has 1 aromatic carbocycles. The minimum atomic E-state index is -3.49. The van der Waals surface area contributed by atoms with E-state index in [1.165, 1.54) is 0 Å². The molecule has 1 aliphatic rings. The molecule has 4 nitrogen and oxygen atoms in total. The van der Waals surface area contributed by atoms with E-state index < -0.39 is 10.0 Å². The lowest BCUT2D eigenvalue weighted by Gasteiger charge is -2.26. The third-order valence-electron chi connectivity index (χ3n) is 3.67. The Hall–Kier alpha value is -0.430. The lowest BCUT2D eigenvalue weighted by Crippen LogP contribution is -2.38. The molecule has 1 fully saturated rings. The molecule has 0 aliphatic heterocycles. The van der Waals surface area contributed by atoms with E-state index in [0.717, 1.165) is 19.3 Å². The predicted octanol–water partition coefficient (Wildman–Crippen LogP) is 1.89. The molecule has 2 rings (SSSR count). The molecule has 2 unspecified atom stereocenters. The average Bonchev–Trinajstić information content (AvgIpc) is 2.80. The zero-order valence-electron chi connectivity index (χ0n) is 10.5. The second kappa shape index (κ2) is 5.91. The number of rotatable bonds is 5. The first-order valence-corrected chi connectivity index (χ1v) is 8.67. The number of hydrogen-bond donors (Lipinski definition) is 2. The summed E-state index contributed by atoms with van der Waals surface area (Å²) < 4.78 is 26.9. The number of nitrogens with one attached hydrogen (secondary N) is 1. The number of sulfonamides is 1. The van der Waals surface area contributed by atoms with Crippen molar-refractivity contribution < 1.29 is 13.5 Å². The van der Waals surface area contributed by atoms with Gasteiger partial charge in [0.15, 0.2) is 0 Å². The summed E-state index contributed by atoms with van der Waals surface area (Å²) in [7, 11) is -3.49. The highest BCUT2D eigenvalue weighted by Crippen LogP contribution is 2.40. The lowest BCUT2D eigenvalue weighted by atomic mass is 9.88. The zero-order valence-corrected chi connectivity index (χ0v) is 13.0. The van der Waals surface area contributed by atoms with Crippen LogP contribution in [0.25, 0.3) is 0 Å². The molecule has 106 valence electrons. The van der Waals surface area contributed by atoms with Gasteiger partial charge < -0.3 is 5.11 Å². The van der Waals surface area contributed by atoms with Crippen LogP contribution in [0.15, 0.2) is 35.2 Å². The molecular formula is C13H18BrNO3S. The molecule has 1 saturated carbocycles. The van der Waals surface area contributed by atoms with Crippen LogP contribution in [-0.4, -0.2) is 31.5 Å². The van der Waals surface area contributed by atoms with Crippen LogP contribution in [-0.2, 0) is 10.0 Å². The Labute approximate surface area is 122 Å². The topological polar surface area (TPSA) is 66.4 Å². The van der Waals surface area contributed by atoms with Gasteiger partial charge in [0, 0.05) is 23.4 Å². The fraction of sp³-hybridized carbons (Fsp3) is 0.538. The Morgan fingerprint density at radius 2 is 2.05 bits per heavy atom. The van der Waals surface area contributed by atoms with Gasteiger partial charge in [-0.25, -0.2) is 13.1 Å². The van der Waals surface area contributed by atoms with Crippen molar-refractivity contribution in [2.75, 3.05) is 13.2 Å². The molecule has 6 heteroatoms. The predicted molar refractivity (Wildman–Crippen MR) is 77.7 cm³/mol. The molecule has 0 radical (unpaired) electrons. The quantitative estimate of drug-likeness (QED) is 0.799. The normalized spacial score (nSPS) is 27.6. The van der Waals surface area contributed by atoms with Crippen molar-refractivity contribution in [3.8, 4) is 0 Å². The SMILES string of the molecule is O=S(=O)(NCC1(CO)CCC(Br)C1)c1ccccc1. The molecule has 0 saturated heterocycles. The number of halogens is 1. The maximum absolute atomic E-state index is 12.1. The standard InChI is InChI=1S/C13H18BrNO3S/c14-11-6-7-13(8-11,10-16)9-15-19(17,18)12-4-2-1-3-5-12/h1-5,11,15-16H,6-10H2. The minimum absolute atomic E-state index is 0.00636. The van der Waals surface area contributed by atoms with E-state index in [2.05, 4.69) is 20.7 Å². The molecule has 1 aromatic rings. The largest absolute Gasteiger partial charge is 0.396 e. The number of aliphatic hydroxyl groups excluding tert-OH is 1. The molecule has 0 amide bonds. The number of alkyl halides is 1. The molecule has 0 bridgehead atoms. The van der Waals surface area contributed by atoms with Gasteiger partial charge >= 0.3 is 0 Å². The van der Waals surface area contributed by atoms with Crippen molar-refractivity contribution in [2.45, 2.75) is 29.0 Å².